The number of carbonyl (C=O) groups excluding carboxylic acids is 1. The van der Waals surface area contributed by atoms with Crippen molar-refractivity contribution in [2.75, 3.05) is 5.73 Å². The predicted molar refractivity (Wildman–Crippen MR) is 69.7 cm³/mol. The number of anilines is 1. The number of benzene rings is 1. The molecule has 0 aromatic heterocycles. The van der Waals surface area contributed by atoms with Crippen LogP contribution in [0.2, 0.25) is 0 Å². The zero-order chi connectivity index (χ0) is 13.1. The van der Waals surface area contributed by atoms with E-state index in [0.717, 1.165) is 31.6 Å². The van der Waals surface area contributed by atoms with Crippen molar-refractivity contribution in [2.45, 2.75) is 38.6 Å². The van der Waals surface area contributed by atoms with Gasteiger partial charge in [0.15, 0.2) is 0 Å². The highest BCUT2D eigenvalue weighted by molar-refractivity contribution is 5.95. The number of halogens is 1. The molecule has 0 radical (unpaired) electrons. The Morgan fingerprint density at radius 1 is 1.33 bits per heavy atom. The Kier molecular flexibility index (Phi) is 3.84. The van der Waals surface area contributed by atoms with Gasteiger partial charge < -0.3 is 11.1 Å². The van der Waals surface area contributed by atoms with Gasteiger partial charge in [-0.1, -0.05) is 6.92 Å². The molecule has 1 saturated carbocycles. The van der Waals surface area contributed by atoms with Crippen molar-refractivity contribution in [1.82, 2.24) is 5.32 Å². The zero-order valence-electron chi connectivity index (χ0n) is 10.6. The molecule has 0 spiro atoms. The summed E-state index contributed by atoms with van der Waals surface area (Å²) in [6.45, 7) is 2.23. The topological polar surface area (TPSA) is 55.1 Å². The second-order valence-electron chi connectivity index (χ2n) is 5.17. The monoisotopic (exact) mass is 250 g/mol. The first-order valence-electron chi connectivity index (χ1n) is 6.42. The van der Waals surface area contributed by atoms with E-state index in [2.05, 4.69) is 12.2 Å². The summed E-state index contributed by atoms with van der Waals surface area (Å²) in [5.74, 6) is 0.0962. The summed E-state index contributed by atoms with van der Waals surface area (Å²) in [4.78, 5) is 12.0. The number of carbonyl (C=O) groups is 1. The van der Waals surface area contributed by atoms with Gasteiger partial charge in [-0.25, -0.2) is 4.39 Å². The molecule has 1 amide bonds. The first kappa shape index (κ1) is 12.9. The van der Waals surface area contributed by atoms with E-state index in [9.17, 15) is 9.18 Å². The SMILES string of the molecule is CC1CCC(NC(=O)c2ccc(F)c(N)c2)CC1. The van der Waals surface area contributed by atoms with Gasteiger partial charge in [-0.3, -0.25) is 4.79 Å². The van der Waals surface area contributed by atoms with Crippen LogP contribution in [0, 0.1) is 11.7 Å². The second kappa shape index (κ2) is 5.38. The average Bonchev–Trinajstić information content (AvgIpc) is 2.35. The molecule has 2 rings (SSSR count). The third kappa shape index (κ3) is 3.00. The number of nitrogens with one attached hydrogen (secondary N) is 1. The number of rotatable bonds is 2. The first-order chi connectivity index (χ1) is 8.56. The maximum atomic E-state index is 13.0. The van der Waals surface area contributed by atoms with Crippen LogP contribution in [-0.2, 0) is 0 Å². The molecule has 0 heterocycles. The van der Waals surface area contributed by atoms with Gasteiger partial charge in [0.05, 0.1) is 5.69 Å². The normalized spacial score (nSPS) is 23.7. The molecule has 0 atom stereocenters. The van der Waals surface area contributed by atoms with Crippen molar-refractivity contribution in [3.63, 3.8) is 0 Å². The van der Waals surface area contributed by atoms with Crippen molar-refractivity contribution < 1.29 is 9.18 Å². The lowest BCUT2D eigenvalue weighted by Crippen LogP contribution is -2.37. The molecule has 1 aromatic rings. The summed E-state index contributed by atoms with van der Waals surface area (Å²) in [5.41, 5.74) is 5.89. The zero-order valence-corrected chi connectivity index (χ0v) is 10.6. The van der Waals surface area contributed by atoms with E-state index in [1.165, 1.54) is 18.2 Å². The minimum absolute atomic E-state index is 0.0138. The van der Waals surface area contributed by atoms with E-state index >= 15 is 0 Å². The average molecular weight is 250 g/mol. The Balaban J connectivity index is 1.97. The molecule has 0 unspecified atom stereocenters. The quantitative estimate of drug-likeness (QED) is 0.793. The fraction of sp³-hybridized carbons (Fsp3) is 0.500. The molecule has 3 nitrogen and oxygen atoms in total. The molecular weight excluding hydrogens is 231 g/mol. The minimum atomic E-state index is -0.488. The third-order valence-corrected chi connectivity index (χ3v) is 3.61. The molecule has 18 heavy (non-hydrogen) atoms. The van der Waals surface area contributed by atoms with E-state index in [-0.39, 0.29) is 17.6 Å². The lowest BCUT2D eigenvalue weighted by molar-refractivity contribution is 0.0923. The maximum absolute atomic E-state index is 13.0. The Hall–Kier alpha value is -1.58. The largest absolute Gasteiger partial charge is 0.396 e. The highest BCUT2D eigenvalue weighted by atomic mass is 19.1. The van der Waals surface area contributed by atoms with Crippen LogP contribution < -0.4 is 11.1 Å². The number of nitrogen functional groups attached to an aromatic ring is 1. The van der Waals surface area contributed by atoms with Gasteiger partial charge >= 0.3 is 0 Å². The molecular formula is C14H19FN2O. The summed E-state index contributed by atoms with van der Waals surface area (Å²) < 4.78 is 13.0. The standard InChI is InChI=1S/C14H19FN2O/c1-9-2-5-11(6-3-9)17-14(18)10-4-7-12(15)13(16)8-10/h4,7-9,11H,2-3,5-6,16H2,1H3,(H,17,18). The summed E-state index contributed by atoms with van der Waals surface area (Å²) in [6, 6.07) is 4.32. The molecule has 98 valence electrons. The van der Waals surface area contributed by atoms with Crippen LogP contribution in [0.1, 0.15) is 43.0 Å². The van der Waals surface area contributed by atoms with Crippen LogP contribution in [0.5, 0.6) is 0 Å². The van der Waals surface area contributed by atoms with E-state index < -0.39 is 5.82 Å². The fourth-order valence-electron chi connectivity index (χ4n) is 2.36. The molecule has 1 aromatic carbocycles. The minimum Gasteiger partial charge on any atom is -0.396 e. The van der Waals surface area contributed by atoms with Gasteiger partial charge in [-0.2, -0.15) is 0 Å². The highest BCUT2D eigenvalue weighted by Crippen LogP contribution is 2.23. The molecule has 0 saturated heterocycles. The number of nitrogens with two attached hydrogens (primary N) is 1. The predicted octanol–water partition coefficient (Wildman–Crippen LogP) is 2.72. The third-order valence-electron chi connectivity index (χ3n) is 3.61. The molecule has 1 aliphatic carbocycles. The van der Waals surface area contributed by atoms with Crippen LogP contribution >= 0.6 is 0 Å². The first-order valence-corrected chi connectivity index (χ1v) is 6.42. The molecule has 1 fully saturated rings. The summed E-state index contributed by atoms with van der Waals surface area (Å²) in [6.07, 6.45) is 4.33. The lowest BCUT2D eigenvalue weighted by atomic mass is 9.87. The summed E-state index contributed by atoms with van der Waals surface area (Å²) >= 11 is 0. The van der Waals surface area contributed by atoms with Gasteiger partial charge in [0.2, 0.25) is 0 Å². The fourth-order valence-corrected chi connectivity index (χ4v) is 2.36. The number of hydrogen-bond donors (Lipinski definition) is 2. The van der Waals surface area contributed by atoms with E-state index in [0.29, 0.717) is 5.56 Å². The summed E-state index contributed by atoms with van der Waals surface area (Å²) in [7, 11) is 0. The molecule has 4 heteroatoms. The van der Waals surface area contributed by atoms with Gasteiger partial charge in [0.1, 0.15) is 5.82 Å². The highest BCUT2D eigenvalue weighted by Gasteiger charge is 2.20. The van der Waals surface area contributed by atoms with Gasteiger partial charge in [0.25, 0.3) is 5.91 Å². The second-order valence-corrected chi connectivity index (χ2v) is 5.17. The van der Waals surface area contributed by atoms with Crippen LogP contribution in [-0.4, -0.2) is 11.9 Å². The van der Waals surface area contributed by atoms with E-state index in [4.69, 9.17) is 5.73 Å². The van der Waals surface area contributed by atoms with Gasteiger partial charge in [-0.05, 0) is 49.8 Å². The molecule has 0 bridgehead atoms. The van der Waals surface area contributed by atoms with Gasteiger partial charge in [0, 0.05) is 11.6 Å². The van der Waals surface area contributed by atoms with Crippen LogP contribution in [0.4, 0.5) is 10.1 Å². The van der Waals surface area contributed by atoms with Crippen molar-refractivity contribution in [2.24, 2.45) is 5.92 Å². The lowest BCUT2D eigenvalue weighted by Gasteiger charge is -2.26. The number of hydrogen-bond acceptors (Lipinski definition) is 2. The molecule has 0 aliphatic heterocycles. The Bertz CT molecular complexity index is 439. The van der Waals surface area contributed by atoms with Crippen molar-refractivity contribution >= 4 is 11.6 Å². The van der Waals surface area contributed by atoms with E-state index in [1.54, 1.807) is 0 Å². The maximum Gasteiger partial charge on any atom is 0.251 e. The summed E-state index contributed by atoms with van der Waals surface area (Å²) in [5, 5.41) is 2.99. The van der Waals surface area contributed by atoms with Crippen LogP contribution in [0.15, 0.2) is 18.2 Å². The molecule has 3 N–H and O–H groups in total. The Morgan fingerprint density at radius 2 is 2.00 bits per heavy atom. The Morgan fingerprint density at radius 3 is 2.61 bits per heavy atom. The van der Waals surface area contributed by atoms with Crippen LogP contribution in [0.3, 0.4) is 0 Å². The van der Waals surface area contributed by atoms with Crippen molar-refractivity contribution in [3.8, 4) is 0 Å². The van der Waals surface area contributed by atoms with Crippen molar-refractivity contribution in [1.29, 1.82) is 0 Å². The van der Waals surface area contributed by atoms with E-state index in [1.807, 2.05) is 0 Å². The smallest absolute Gasteiger partial charge is 0.251 e. The number of amides is 1. The Labute approximate surface area is 107 Å². The van der Waals surface area contributed by atoms with Crippen molar-refractivity contribution in [3.05, 3.63) is 29.6 Å². The molecule has 1 aliphatic rings. The van der Waals surface area contributed by atoms with Crippen LogP contribution in [0.25, 0.3) is 0 Å². The van der Waals surface area contributed by atoms with Gasteiger partial charge in [-0.15, -0.1) is 0 Å².